The third-order valence-corrected chi connectivity index (χ3v) is 7.27. The summed E-state index contributed by atoms with van der Waals surface area (Å²) in [5.74, 6) is 0.0801. The van der Waals surface area contributed by atoms with E-state index < -0.39 is 11.5 Å². The van der Waals surface area contributed by atoms with E-state index in [2.05, 4.69) is 60.4 Å². The normalized spacial score (nSPS) is 16.4. The molecule has 0 bridgehead atoms. The van der Waals surface area contributed by atoms with Gasteiger partial charge in [-0.2, -0.15) is 9.99 Å². The summed E-state index contributed by atoms with van der Waals surface area (Å²) in [6, 6.07) is 18.2. The molecule has 0 spiro atoms. The van der Waals surface area contributed by atoms with Crippen molar-refractivity contribution >= 4 is 17.7 Å². The van der Waals surface area contributed by atoms with Crippen molar-refractivity contribution < 1.29 is 19.4 Å². The summed E-state index contributed by atoms with van der Waals surface area (Å²) < 4.78 is 1.93. The molecule has 3 aromatic rings. The Bertz CT molecular complexity index is 1230. The standard InChI is InChI=1S/C29H36N4O4/c1-6-29(7-2,23-15-13-21(14-16-23)19-36-37-20(3)34)32-27(35)24-18-30-33-26(24)31-25(17-28(33,4)5)22-11-9-8-10-12-22/h8-16,18,25,31H,6-7,17,19H2,1-5H3,(H,32,35). The van der Waals surface area contributed by atoms with Crippen molar-refractivity contribution in [2.75, 3.05) is 5.32 Å². The van der Waals surface area contributed by atoms with E-state index in [0.29, 0.717) is 18.4 Å². The van der Waals surface area contributed by atoms with Gasteiger partial charge in [-0.15, -0.1) is 0 Å². The van der Waals surface area contributed by atoms with Gasteiger partial charge in [-0.25, -0.2) is 9.48 Å². The van der Waals surface area contributed by atoms with Crippen LogP contribution in [0, 0.1) is 0 Å². The Labute approximate surface area is 218 Å². The van der Waals surface area contributed by atoms with Gasteiger partial charge in [0.05, 0.1) is 23.3 Å². The van der Waals surface area contributed by atoms with Crippen molar-refractivity contribution in [1.82, 2.24) is 15.1 Å². The topological polar surface area (TPSA) is 94.5 Å². The van der Waals surface area contributed by atoms with Gasteiger partial charge >= 0.3 is 5.97 Å². The van der Waals surface area contributed by atoms with Crippen LogP contribution in [0.2, 0.25) is 0 Å². The molecule has 0 radical (unpaired) electrons. The molecule has 1 atom stereocenters. The first-order valence-electron chi connectivity index (χ1n) is 12.8. The number of carbonyl (C=O) groups is 2. The van der Waals surface area contributed by atoms with Crippen molar-refractivity contribution in [2.24, 2.45) is 0 Å². The molecule has 0 saturated carbocycles. The molecule has 196 valence electrons. The molecule has 1 aromatic heterocycles. The zero-order valence-electron chi connectivity index (χ0n) is 22.2. The number of amides is 1. The van der Waals surface area contributed by atoms with Gasteiger partial charge in [0, 0.05) is 6.92 Å². The summed E-state index contributed by atoms with van der Waals surface area (Å²) >= 11 is 0. The molecular formula is C29H36N4O4. The molecule has 0 fully saturated rings. The Balaban J connectivity index is 1.57. The fraction of sp³-hybridized carbons (Fsp3) is 0.414. The number of nitrogens with one attached hydrogen (secondary N) is 2. The predicted molar refractivity (Wildman–Crippen MR) is 142 cm³/mol. The number of benzene rings is 2. The average Bonchev–Trinajstić information content (AvgIpc) is 3.33. The Morgan fingerprint density at radius 1 is 1.11 bits per heavy atom. The lowest BCUT2D eigenvalue weighted by atomic mass is 9.84. The molecule has 8 heteroatoms. The second-order valence-corrected chi connectivity index (χ2v) is 10.2. The SMILES string of the molecule is CCC(CC)(NC(=O)c1cnn2c1NC(c1ccccc1)CC2(C)C)c1ccc(COOC(C)=O)cc1. The lowest BCUT2D eigenvalue weighted by molar-refractivity contribution is -0.277. The van der Waals surface area contributed by atoms with Crippen LogP contribution in [-0.4, -0.2) is 21.7 Å². The highest BCUT2D eigenvalue weighted by atomic mass is 17.2. The number of aromatic nitrogens is 2. The molecule has 1 unspecified atom stereocenters. The van der Waals surface area contributed by atoms with Crippen LogP contribution in [0.1, 0.15) is 87.0 Å². The summed E-state index contributed by atoms with van der Waals surface area (Å²) in [4.78, 5) is 34.2. The van der Waals surface area contributed by atoms with Crippen LogP contribution in [-0.2, 0) is 32.3 Å². The van der Waals surface area contributed by atoms with Gasteiger partial charge in [-0.05, 0) is 49.8 Å². The summed E-state index contributed by atoms with van der Waals surface area (Å²) in [6.07, 6.45) is 3.95. The number of hydrogen-bond acceptors (Lipinski definition) is 6. The van der Waals surface area contributed by atoms with Gasteiger partial charge in [-0.3, -0.25) is 9.68 Å². The molecule has 0 saturated heterocycles. The number of carbonyl (C=O) groups excluding carboxylic acids is 2. The minimum atomic E-state index is -0.551. The lowest BCUT2D eigenvalue weighted by Gasteiger charge is -2.38. The zero-order valence-corrected chi connectivity index (χ0v) is 22.2. The van der Waals surface area contributed by atoms with Crippen LogP contribution in [0.3, 0.4) is 0 Å². The van der Waals surface area contributed by atoms with E-state index in [1.165, 1.54) is 12.5 Å². The third kappa shape index (κ3) is 5.54. The molecule has 4 rings (SSSR count). The number of anilines is 1. The largest absolute Gasteiger partial charge is 0.363 e. The van der Waals surface area contributed by atoms with Crippen molar-refractivity contribution in [1.29, 1.82) is 0 Å². The molecule has 0 aliphatic carbocycles. The fourth-order valence-electron chi connectivity index (χ4n) is 5.09. The minimum Gasteiger partial charge on any atom is -0.363 e. The highest BCUT2D eigenvalue weighted by Crippen LogP contribution is 2.40. The first kappa shape index (κ1) is 26.4. The van der Waals surface area contributed by atoms with Gasteiger partial charge < -0.3 is 10.6 Å². The van der Waals surface area contributed by atoms with Crippen LogP contribution < -0.4 is 10.6 Å². The molecule has 2 aromatic carbocycles. The molecular weight excluding hydrogens is 468 g/mol. The summed E-state index contributed by atoms with van der Waals surface area (Å²) in [5, 5.41) is 11.5. The van der Waals surface area contributed by atoms with E-state index in [4.69, 9.17) is 4.89 Å². The quantitative estimate of drug-likeness (QED) is 0.290. The van der Waals surface area contributed by atoms with Crippen molar-refractivity contribution in [3.05, 3.63) is 83.0 Å². The number of rotatable bonds is 9. The van der Waals surface area contributed by atoms with Crippen LogP contribution in [0.4, 0.5) is 5.82 Å². The van der Waals surface area contributed by atoms with Crippen molar-refractivity contribution in [3.63, 3.8) is 0 Å². The van der Waals surface area contributed by atoms with E-state index in [9.17, 15) is 9.59 Å². The summed E-state index contributed by atoms with van der Waals surface area (Å²) in [6.45, 7) is 9.89. The van der Waals surface area contributed by atoms with E-state index in [1.807, 2.05) is 47.1 Å². The van der Waals surface area contributed by atoms with E-state index >= 15 is 0 Å². The fourth-order valence-corrected chi connectivity index (χ4v) is 5.09. The van der Waals surface area contributed by atoms with Crippen molar-refractivity contribution in [2.45, 2.75) is 77.6 Å². The summed E-state index contributed by atoms with van der Waals surface area (Å²) in [5.41, 5.74) is 2.77. The second kappa shape index (κ2) is 10.8. The monoisotopic (exact) mass is 504 g/mol. The number of fused-ring (bicyclic) bond motifs is 1. The number of nitrogens with zero attached hydrogens (tertiary/aromatic N) is 2. The molecule has 1 aliphatic rings. The summed E-state index contributed by atoms with van der Waals surface area (Å²) in [7, 11) is 0. The van der Waals surface area contributed by atoms with Crippen LogP contribution in [0.5, 0.6) is 0 Å². The Morgan fingerprint density at radius 2 is 1.78 bits per heavy atom. The highest BCUT2D eigenvalue weighted by Gasteiger charge is 2.38. The zero-order chi connectivity index (χ0) is 26.6. The van der Waals surface area contributed by atoms with Crippen LogP contribution in [0.15, 0.2) is 60.8 Å². The Hall–Kier alpha value is -3.65. The van der Waals surface area contributed by atoms with E-state index in [0.717, 1.165) is 23.4 Å². The molecule has 2 heterocycles. The van der Waals surface area contributed by atoms with E-state index in [1.54, 1.807) is 6.20 Å². The van der Waals surface area contributed by atoms with Crippen LogP contribution >= 0.6 is 0 Å². The third-order valence-electron chi connectivity index (χ3n) is 7.27. The van der Waals surface area contributed by atoms with Gasteiger partial charge in [-0.1, -0.05) is 68.4 Å². The molecule has 1 aliphatic heterocycles. The van der Waals surface area contributed by atoms with Gasteiger partial charge in [0.15, 0.2) is 0 Å². The average molecular weight is 505 g/mol. The second-order valence-electron chi connectivity index (χ2n) is 10.2. The number of hydrogen-bond donors (Lipinski definition) is 2. The Morgan fingerprint density at radius 3 is 2.41 bits per heavy atom. The van der Waals surface area contributed by atoms with Crippen molar-refractivity contribution in [3.8, 4) is 0 Å². The maximum absolute atomic E-state index is 13.7. The van der Waals surface area contributed by atoms with Gasteiger partial charge in [0.2, 0.25) is 0 Å². The Kier molecular flexibility index (Phi) is 7.68. The predicted octanol–water partition coefficient (Wildman–Crippen LogP) is 5.62. The maximum Gasteiger partial charge on any atom is 0.339 e. The molecule has 8 nitrogen and oxygen atoms in total. The maximum atomic E-state index is 13.7. The molecule has 2 N–H and O–H groups in total. The lowest BCUT2D eigenvalue weighted by Crippen LogP contribution is -2.45. The van der Waals surface area contributed by atoms with Gasteiger partial charge in [0.25, 0.3) is 5.91 Å². The molecule has 37 heavy (non-hydrogen) atoms. The van der Waals surface area contributed by atoms with Crippen LogP contribution in [0.25, 0.3) is 0 Å². The molecule has 1 amide bonds. The highest BCUT2D eigenvalue weighted by molar-refractivity contribution is 5.99. The van der Waals surface area contributed by atoms with Gasteiger partial charge in [0.1, 0.15) is 18.0 Å². The smallest absolute Gasteiger partial charge is 0.339 e. The van der Waals surface area contributed by atoms with E-state index in [-0.39, 0.29) is 24.1 Å². The first-order chi connectivity index (χ1) is 17.7. The minimum absolute atomic E-state index is 0.0794. The first-order valence-corrected chi connectivity index (χ1v) is 12.8.